The second kappa shape index (κ2) is 6.23. The van der Waals surface area contributed by atoms with Crippen LogP contribution in [0.5, 0.6) is 17.5 Å². The van der Waals surface area contributed by atoms with Gasteiger partial charge in [0.15, 0.2) is 5.69 Å². The first-order valence-corrected chi connectivity index (χ1v) is 6.64. The van der Waals surface area contributed by atoms with Gasteiger partial charge in [0, 0.05) is 0 Å². The van der Waals surface area contributed by atoms with Crippen LogP contribution in [-0.4, -0.2) is 16.1 Å². The molecule has 5 nitrogen and oxygen atoms in total. The molecule has 2 rings (SSSR count). The van der Waals surface area contributed by atoms with Gasteiger partial charge in [-0.25, -0.2) is 0 Å². The highest BCUT2D eigenvalue weighted by Crippen LogP contribution is 2.31. The second-order valence-electron chi connectivity index (χ2n) is 4.66. The van der Waals surface area contributed by atoms with Crippen molar-refractivity contribution in [1.82, 2.24) is 9.97 Å². The van der Waals surface area contributed by atoms with Gasteiger partial charge >= 0.3 is 0 Å². The second-order valence-corrected chi connectivity index (χ2v) is 4.66. The summed E-state index contributed by atoms with van der Waals surface area (Å²) in [6.45, 7) is 5.92. The molecular formula is C15H19N3O2. The standard InChI is InChI=1S/C15H19N3O2/c1-4-11-5-7-12(8-6-11)20-15-13(16)14(17-9-18-15)19-10(2)3/h5-10H,4,16H2,1-3H3. The molecule has 0 spiro atoms. The molecule has 0 aliphatic heterocycles. The van der Waals surface area contributed by atoms with Gasteiger partial charge in [0.25, 0.3) is 0 Å². The van der Waals surface area contributed by atoms with Gasteiger partial charge < -0.3 is 15.2 Å². The van der Waals surface area contributed by atoms with Gasteiger partial charge in [-0.1, -0.05) is 19.1 Å². The number of aryl methyl sites for hydroxylation is 1. The summed E-state index contributed by atoms with van der Waals surface area (Å²) < 4.78 is 11.2. The van der Waals surface area contributed by atoms with Crippen molar-refractivity contribution in [2.24, 2.45) is 0 Å². The largest absolute Gasteiger partial charge is 0.473 e. The van der Waals surface area contributed by atoms with E-state index in [0.29, 0.717) is 23.2 Å². The van der Waals surface area contributed by atoms with Gasteiger partial charge in [-0.15, -0.1) is 0 Å². The van der Waals surface area contributed by atoms with E-state index in [2.05, 4.69) is 16.9 Å². The molecule has 5 heteroatoms. The zero-order chi connectivity index (χ0) is 14.5. The van der Waals surface area contributed by atoms with E-state index in [0.717, 1.165) is 6.42 Å². The third-order valence-corrected chi connectivity index (χ3v) is 2.70. The normalized spacial score (nSPS) is 10.6. The maximum absolute atomic E-state index is 5.96. The minimum Gasteiger partial charge on any atom is -0.473 e. The van der Waals surface area contributed by atoms with Crippen LogP contribution in [0.2, 0.25) is 0 Å². The minimum atomic E-state index is -0.0103. The molecule has 0 atom stereocenters. The Balaban J connectivity index is 2.20. The van der Waals surface area contributed by atoms with Crippen molar-refractivity contribution in [1.29, 1.82) is 0 Å². The number of anilines is 1. The summed E-state index contributed by atoms with van der Waals surface area (Å²) in [5, 5.41) is 0. The fraction of sp³-hybridized carbons (Fsp3) is 0.333. The van der Waals surface area contributed by atoms with E-state index in [4.69, 9.17) is 15.2 Å². The molecule has 1 aromatic carbocycles. The topological polar surface area (TPSA) is 70.3 Å². The Bertz CT molecular complexity index is 568. The molecule has 2 N–H and O–H groups in total. The molecule has 0 aliphatic carbocycles. The molecule has 0 bridgehead atoms. The number of nitrogens with zero attached hydrogens (tertiary/aromatic N) is 2. The van der Waals surface area contributed by atoms with E-state index in [1.807, 2.05) is 38.1 Å². The Morgan fingerprint density at radius 3 is 2.35 bits per heavy atom. The van der Waals surface area contributed by atoms with Gasteiger partial charge in [0.1, 0.15) is 12.1 Å². The lowest BCUT2D eigenvalue weighted by Crippen LogP contribution is -2.10. The van der Waals surface area contributed by atoms with E-state index in [1.165, 1.54) is 11.9 Å². The lowest BCUT2D eigenvalue weighted by Gasteiger charge is -2.13. The van der Waals surface area contributed by atoms with E-state index in [-0.39, 0.29) is 6.10 Å². The molecule has 1 aromatic heterocycles. The maximum atomic E-state index is 5.96. The van der Waals surface area contributed by atoms with Gasteiger partial charge in [-0.2, -0.15) is 9.97 Å². The molecule has 2 aromatic rings. The van der Waals surface area contributed by atoms with Crippen LogP contribution in [0.4, 0.5) is 5.69 Å². The number of nitrogen functional groups attached to an aromatic ring is 1. The van der Waals surface area contributed by atoms with E-state index in [1.54, 1.807) is 0 Å². The number of rotatable bonds is 5. The maximum Gasteiger partial charge on any atom is 0.249 e. The number of nitrogens with two attached hydrogens (primary N) is 1. The zero-order valence-corrected chi connectivity index (χ0v) is 12.0. The highest BCUT2D eigenvalue weighted by atomic mass is 16.5. The smallest absolute Gasteiger partial charge is 0.249 e. The predicted octanol–water partition coefficient (Wildman–Crippen LogP) is 3.20. The first-order valence-electron chi connectivity index (χ1n) is 6.64. The van der Waals surface area contributed by atoms with Crippen LogP contribution < -0.4 is 15.2 Å². The van der Waals surface area contributed by atoms with Crippen molar-refractivity contribution in [2.75, 3.05) is 5.73 Å². The van der Waals surface area contributed by atoms with Gasteiger partial charge in [-0.3, -0.25) is 0 Å². The average molecular weight is 273 g/mol. The van der Waals surface area contributed by atoms with E-state index in [9.17, 15) is 0 Å². The molecule has 20 heavy (non-hydrogen) atoms. The van der Waals surface area contributed by atoms with Crippen LogP contribution in [0.3, 0.4) is 0 Å². The predicted molar refractivity (Wildman–Crippen MR) is 78.1 cm³/mol. The van der Waals surface area contributed by atoms with Gasteiger partial charge in [-0.05, 0) is 38.0 Å². The van der Waals surface area contributed by atoms with Crippen molar-refractivity contribution in [3.63, 3.8) is 0 Å². The first-order chi connectivity index (χ1) is 9.60. The molecule has 0 aliphatic rings. The number of ether oxygens (including phenoxy) is 2. The summed E-state index contributed by atoms with van der Waals surface area (Å²) in [5.74, 6) is 1.33. The quantitative estimate of drug-likeness (QED) is 0.905. The summed E-state index contributed by atoms with van der Waals surface area (Å²) in [4.78, 5) is 8.06. The molecule has 0 unspecified atom stereocenters. The number of hydrogen-bond donors (Lipinski definition) is 1. The fourth-order valence-electron chi connectivity index (χ4n) is 1.67. The lowest BCUT2D eigenvalue weighted by atomic mass is 10.2. The Labute approximate surface area is 118 Å². The van der Waals surface area contributed by atoms with Crippen molar-refractivity contribution in [2.45, 2.75) is 33.3 Å². The summed E-state index contributed by atoms with van der Waals surface area (Å²) in [5.41, 5.74) is 7.51. The summed E-state index contributed by atoms with van der Waals surface area (Å²) in [6, 6.07) is 7.81. The third kappa shape index (κ3) is 3.38. The van der Waals surface area contributed by atoms with Gasteiger partial charge in [0.2, 0.25) is 11.8 Å². The highest BCUT2D eigenvalue weighted by molar-refractivity contribution is 5.56. The summed E-state index contributed by atoms with van der Waals surface area (Å²) in [7, 11) is 0. The fourth-order valence-corrected chi connectivity index (χ4v) is 1.67. The van der Waals surface area contributed by atoms with Crippen molar-refractivity contribution >= 4 is 5.69 Å². The summed E-state index contributed by atoms with van der Waals surface area (Å²) in [6.07, 6.45) is 2.36. The lowest BCUT2D eigenvalue weighted by molar-refractivity contribution is 0.233. The molecule has 106 valence electrons. The van der Waals surface area contributed by atoms with Crippen LogP contribution in [0.1, 0.15) is 26.3 Å². The highest BCUT2D eigenvalue weighted by Gasteiger charge is 2.12. The van der Waals surface area contributed by atoms with Crippen LogP contribution in [0.25, 0.3) is 0 Å². The molecule has 0 saturated carbocycles. The minimum absolute atomic E-state index is 0.0103. The van der Waals surface area contributed by atoms with E-state index >= 15 is 0 Å². The first kappa shape index (κ1) is 14.1. The Morgan fingerprint density at radius 2 is 1.75 bits per heavy atom. The number of hydrogen-bond acceptors (Lipinski definition) is 5. The van der Waals surface area contributed by atoms with Crippen LogP contribution in [-0.2, 0) is 6.42 Å². The molecule has 1 heterocycles. The molecule has 0 radical (unpaired) electrons. The molecular weight excluding hydrogens is 254 g/mol. The Kier molecular flexibility index (Phi) is 4.40. The molecule has 0 amide bonds. The van der Waals surface area contributed by atoms with Gasteiger partial charge in [0.05, 0.1) is 6.10 Å². The van der Waals surface area contributed by atoms with Crippen LogP contribution >= 0.6 is 0 Å². The number of aromatic nitrogens is 2. The average Bonchev–Trinajstić information content (AvgIpc) is 2.43. The Hall–Kier alpha value is -2.30. The Morgan fingerprint density at radius 1 is 1.10 bits per heavy atom. The molecule has 0 saturated heterocycles. The van der Waals surface area contributed by atoms with Crippen molar-refractivity contribution in [3.8, 4) is 17.5 Å². The summed E-state index contributed by atoms with van der Waals surface area (Å²) >= 11 is 0. The SMILES string of the molecule is CCc1ccc(Oc2ncnc(OC(C)C)c2N)cc1. The van der Waals surface area contributed by atoms with Crippen LogP contribution in [0, 0.1) is 0 Å². The van der Waals surface area contributed by atoms with Crippen molar-refractivity contribution in [3.05, 3.63) is 36.2 Å². The number of benzene rings is 1. The zero-order valence-electron chi connectivity index (χ0n) is 12.0. The van der Waals surface area contributed by atoms with E-state index < -0.39 is 0 Å². The molecule has 0 fully saturated rings. The monoisotopic (exact) mass is 273 g/mol. The van der Waals surface area contributed by atoms with Crippen LogP contribution in [0.15, 0.2) is 30.6 Å². The van der Waals surface area contributed by atoms with Crippen molar-refractivity contribution < 1.29 is 9.47 Å². The third-order valence-electron chi connectivity index (χ3n) is 2.70.